The third-order valence-electron chi connectivity index (χ3n) is 16.6. The monoisotopic (exact) mass is 788 g/mol. The Hall–Kier alpha value is -7.56. The zero-order chi connectivity index (χ0) is 39.2. The predicted molar refractivity (Wildman–Crippen MR) is 248 cm³/mol. The maximum absolute atomic E-state index is 6.00. The first-order chi connectivity index (χ1) is 30.7. The van der Waals surface area contributed by atoms with Gasteiger partial charge in [0.25, 0.3) is 0 Å². The zero-order valence-corrected chi connectivity index (χ0v) is 33.1. The number of rotatable bonds is 0. The molecule has 12 aromatic carbocycles. The molecule has 62 heavy (non-hydrogen) atoms. The molecule has 0 aromatic heterocycles. The average molecular weight is 789 g/mol. The van der Waals surface area contributed by atoms with Gasteiger partial charge in [-0.25, -0.2) is 0 Å². The zero-order valence-electron chi connectivity index (χ0n) is 33.1. The molecule has 0 unspecified atom stereocenters. The van der Waals surface area contributed by atoms with Crippen molar-refractivity contribution in [3.63, 3.8) is 0 Å². The van der Waals surface area contributed by atoms with Crippen molar-refractivity contribution < 1.29 is 18.9 Å². The Kier molecular flexibility index (Phi) is 4.39. The average Bonchev–Trinajstić information content (AvgIpc) is 4.17. The van der Waals surface area contributed by atoms with E-state index in [4.69, 9.17) is 18.9 Å². The van der Waals surface area contributed by atoms with Gasteiger partial charge in [-0.3, -0.25) is 0 Å². The molecule has 0 spiro atoms. The molecule has 0 saturated heterocycles. The van der Waals surface area contributed by atoms with Gasteiger partial charge in [-0.15, -0.1) is 0 Å². The van der Waals surface area contributed by atoms with Gasteiger partial charge in [-0.1, -0.05) is 48.5 Å². The molecule has 0 saturated carbocycles. The molecule has 284 valence electrons. The third kappa shape index (κ3) is 2.91. The predicted octanol–water partition coefficient (Wildman–Crippen LogP) is 13.8. The normalized spacial score (nSPS) is 15.9. The van der Waals surface area contributed by atoms with Crippen molar-refractivity contribution in [2.45, 2.75) is 25.7 Å². The highest BCUT2D eigenvalue weighted by molar-refractivity contribution is 6.43. The van der Waals surface area contributed by atoms with Crippen molar-refractivity contribution in [1.82, 2.24) is 0 Å². The summed E-state index contributed by atoms with van der Waals surface area (Å²) >= 11 is 0. The Morgan fingerprint density at radius 1 is 0.258 bits per heavy atom. The summed E-state index contributed by atoms with van der Waals surface area (Å²) in [7, 11) is 0. The van der Waals surface area contributed by atoms with E-state index in [1.54, 1.807) is 0 Å². The summed E-state index contributed by atoms with van der Waals surface area (Å²) in [6, 6.07) is 37.3. The number of hydrogen-bond acceptors (Lipinski definition) is 4. The summed E-state index contributed by atoms with van der Waals surface area (Å²) in [5.74, 6) is 3.57. The SMILES string of the molecule is c1cc2c(c3c1OCO3)-c1cc3c4c5c(ccc6c5c5c(ccc7cc-2c1c4c75)C6)C3.c1cc2c(c3c1OCO3)-c1cc3c4c5c(ccc6c5c5c(ccc7cc-2c1c4c75)C6)C3. The number of ether oxygens (including phenoxy) is 4. The standard InChI is InChI=1S/2C29H14O2/c2*1-2-14-8-16-10-19-26-18(17-5-6-20-29(27(17)19)31-11-30-20)9-15-4-3-13-7-12(1)21-22(13)24(15)28(26)25(16)23(14)21/h2*1-6,9-10H,7-8,11H2. The van der Waals surface area contributed by atoms with E-state index in [2.05, 4.69) is 97.1 Å². The Balaban J connectivity index is 0.000000103. The smallest absolute Gasteiger partial charge is 0.231 e. The molecule has 0 fully saturated rings. The summed E-state index contributed by atoms with van der Waals surface area (Å²) in [6.45, 7) is 0.618. The van der Waals surface area contributed by atoms with Crippen molar-refractivity contribution >= 4 is 86.2 Å². The van der Waals surface area contributed by atoms with E-state index in [9.17, 15) is 0 Å². The molecule has 20 rings (SSSR count). The van der Waals surface area contributed by atoms with Crippen LogP contribution >= 0.6 is 0 Å². The molecule has 4 nitrogen and oxygen atoms in total. The van der Waals surface area contributed by atoms with Gasteiger partial charge in [-0.05, 0) is 238 Å². The van der Waals surface area contributed by atoms with E-state index < -0.39 is 0 Å². The highest BCUT2D eigenvalue weighted by atomic mass is 16.7. The molecule has 2 heterocycles. The molecule has 0 radical (unpaired) electrons. The molecule has 0 bridgehead atoms. The summed E-state index contributed by atoms with van der Waals surface area (Å²) in [5.41, 5.74) is 22.3. The minimum atomic E-state index is 0.309. The molecule has 0 atom stereocenters. The van der Waals surface area contributed by atoms with Crippen LogP contribution in [0.1, 0.15) is 44.5 Å². The molecule has 2 aliphatic heterocycles. The maximum Gasteiger partial charge on any atom is 0.231 e. The Morgan fingerprint density at radius 2 is 0.629 bits per heavy atom. The lowest BCUT2D eigenvalue weighted by atomic mass is 9.87. The lowest BCUT2D eigenvalue weighted by Gasteiger charge is -2.16. The van der Waals surface area contributed by atoms with Gasteiger partial charge in [0.1, 0.15) is 0 Å². The van der Waals surface area contributed by atoms with Gasteiger partial charge in [0.15, 0.2) is 23.0 Å². The van der Waals surface area contributed by atoms with E-state index in [1.807, 2.05) is 0 Å². The van der Waals surface area contributed by atoms with E-state index in [0.29, 0.717) is 13.6 Å². The van der Waals surface area contributed by atoms with Gasteiger partial charge in [0, 0.05) is 11.1 Å². The van der Waals surface area contributed by atoms with Crippen LogP contribution in [0.5, 0.6) is 23.0 Å². The van der Waals surface area contributed by atoms with Crippen LogP contribution in [0.4, 0.5) is 0 Å². The first-order valence-corrected chi connectivity index (χ1v) is 22.1. The quantitative estimate of drug-likeness (QED) is 0.113. The van der Waals surface area contributed by atoms with Crippen molar-refractivity contribution in [2.75, 3.05) is 13.6 Å². The first-order valence-electron chi connectivity index (χ1n) is 22.1. The van der Waals surface area contributed by atoms with Crippen LogP contribution in [0.25, 0.3) is 131 Å². The van der Waals surface area contributed by atoms with Gasteiger partial charge in [-0.2, -0.15) is 0 Å². The molecule has 0 N–H and O–H groups in total. The van der Waals surface area contributed by atoms with Crippen LogP contribution in [-0.4, -0.2) is 13.6 Å². The van der Waals surface area contributed by atoms with E-state index in [0.717, 1.165) is 48.7 Å². The fourth-order valence-corrected chi connectivity index (χ4v) is 14.5. The van der Waals surface area contributed by atoms with E-state index >= 15 is 0 Å². The number of hydrogen-bond donors (Lipinski definition) is 0. The van der Waals surface area contributed by atoms with Crippen LogP contribution in [0.15, 0.2) is 97.1 Å². The third-order valence-corrected chi connectivity index (χ3v) is 16.6. The number of fused-ring (bicyclic) bond motifs is 10. The lowest BCUT2D eigenvalue weighted by molar-refractivity contribution is 0.174. The van der Waals surface area contributed by atoms with Crippen molar-refractivity contribution in [2.24, 2.45) is 0 Å². The number of benzene rings is 12. The Labute approximate surface area is 352 Å². The molecule has 8 aliphatic rings. The summed E-state index contributed by atoms with van der Waals surface area (Å²) in [6.07, 6.45) is 4.17. The summed E-state index contributed by atoms with van der Waals surface area (Å²) in [5, 5.41) is 23.6. The first kappa shape index (κ1) is 29.6. The highest BCUT2D eigenvalue weighted by Gasteiger charge is 2.38. The highest BCUT2D eigenvalue weighted by Crippen LogP contribution is 2.63. The second-order valence-electron chi connectivity index (χ2n) is 19.1. The minimum Gasteiger partial charge on any atom is -0.454 e. The molecule has 12 aromatic rings. The largest absolute Gasteiger partial charge is 0.454 e. The van der Waals surface area contributed by atoms with Crippen molar-refractivity contribution in [1.29, 1.82) is 0 Å². The summed E-state index contributed by atoms with van der Waals surface area (Å²) in [4.78, 5) is 0. The van der Waals surface area contributed by atoms with Crippen LogP contribution in [-0.2, 0) is 25.7 Å². The maximum atomic E-state index is 6.00. The van der Waals surface area contributed by atoms with Gasteiger partial charge in [0.2, 0.25) is 13.6 Å². The van der Waals surface area contributed by atoms with Gasteiger partial charge >= 0.3 is 0 Å². The Morgan fingerprint density at radius 3 is 1.06 bits per heavy atom. The van der Waals surface area contributed by atoms with E-state index in [-0.39, 0.29) is 0 Å². The van der Waals surface area contributed by atoms with Crippen LogP contribution < -0.4 is 18.9 Å². The molecule has 4 heteroatoms. The Bertz CT molecular complexity index is 4100. The van der Waals surface area contributed by atoms with Gasteiger partial charge in [0.05, 0.1) is 0 Å². The molecule has 6 aliphatic carbocycles. The second kappa shape index (κ2) is 9.19. The van der Waals surface area contributed by atoms with Crippen molar-refractivity contribution in [3.8, 4) is 67.5 Å². The fourth-order valence-electron chi connectivity index (χ4n) is 14.5. The van der Waals surface area contributed by atoms with Crippen LogP contribution in [0, 0.1) is 0 Å². The molecular formula is C58H28O4. The van der Waals surface area contributed by atoms with Gasteiger partial charge < -0.3 is 18.9 Å². The lowest BCUT2D eigenvalue weighted by Crippen LogP contribution is -1.93. The molecule has 0 amide bonds. The second-order valence-corrected chi connectivity index (χ2v) is 19.1. The topological polar surface area (TPSA) is 36.9 Å². The molecular weight excluding hydrogens is 761 g/mol. The minimum absolute atomic E-state index is 0.309. The van der Waals surface area contributed by atoms with Crippen LogP contribution in [0.2, 0.25) is 0 Å². The summed E-state index contributed by atoms with van der Waals surface area (Å²) < 4.78 is 23.5. The van der Waals surface area contributed by atoms with E-state index in [1.165, 1.54) is 175 Å². The fraction of sp³-hybridized carbons (Fsp3) is 0.103. The van der Waals surface area contributed by atoms with Crippen molar-refractivity contribution in [3.05, 3.63) is 142 Å². The van der Waals surface area contributed by atoms with Crippen LogP contribution in [0.3, 0.4) is 0 Å².